The fourth-order valence-corrected chi connectivity index (χ4v) is 2.86. The number of amides is 1. The third-order valence-electron chi connectivity index (χ3n) is 4.19. The molecule has 2 fully saturated rings. The molecule has 1 atom stereocenters. The van der Waals surface area contributed by atoms with Gasteiger partial charge in [-0.1, -0.05) is 12.1 Å². The van der Waals surface area contributed by atoms with Gasteiger partial charge in [-0.2, -0.15) is 0 Å². The highest BCUT2D eigenvalue weighted by atomic mass is 16.5. The summed E-state index contributed by atoms with van der Waals surface area (Å²) in [5.74, 6) is 1.09. The van der Waals surface area contributed by atoms with Gasteiger partial charge >= 0.3 is 0 Å². The van der Waals surface area contributed by atoms with E-state index < -0.39 is 0 Å². The molecule has 1 amide bonds. The maximum Gasteiger partial charge on any atom is 0.237 e. The molecule has 1 heterocycles. The SMILES string of the molecule is COc1ccc(C2CCCN2C(=O)CNC2CC2)cc1. The average Bonchev–Trinajstić information content (AvgIpc) is 3.19. The number of methoxy groups -OCH3 is 1. The first kappa shape index (κ1) is 13.4. The van der Waals surface area contributed by atoms with Gasteiger partial charge in [0.05, 0.1) is 19.7 Å². The second-order valence-corrected chi connectivity index (χ2v) is 5.67. The van der Waals surface area contributed by atoms with Gasteiger partial charge in [-0.25, -0.2) is 0 Å². The van der Waals surface area contributed by atoms with Crippen LogP contribution in [-0.2, 0) is 4.79 Å². The van der Waals surface area contributed by atoms with Crippen LogP contribution in [0.2, 0.25) is 0 Å². The summed E-state index contributed by atoms with van der Waals surface area (Å²) in [4.78, 5) is 14.3. The highest BCUT2D eigenvalue weighted by molar-refractivity contribution is 5.79. The Bertz CT molecular complexity index is 468. The monoisotopic (exact) mass is 274 g/mol. The summed E-state index contributed by atoms with van der Waals surface area (Å²) in [6, 6.07) is 8.90. The number of hydrogen-bond acceptors (Lipinski definition) is 3. The van der Waals surface area contributed by atoms with Gasteiger partial charge in [-0.3, -0.25) is 4.79 Å². The Morgan fingerprint density at radius 2 is 2.05 bits per heavy atom. The van der Waals surface area contributed by atoms with E-state index in [0.717, 1.165) is 25.1 Å². The number of carbonyl (C=O) groups excluding carboxylic acids is 1. The fourth-order valence-electron chi connectivity index (χ4n) is 2.86. The molecule has 0 radical (unpaired) electrons. The van der Waals surface area contributed by atoms with Gasteiger partial charge < -0.3 is 15.0 Å². The van der Waals surface area contributed by atoms with Crippen LogP contribution in [0, 0.1) is 0 Å². The summed E-state index contributed by atoms with van der Waals surface area (Å²) >= 11 is 0. The predicted octanol–water partition coefficient (Wildman–Crippen LogP) is 2.11. The summed E-state index contributed by atoms with van der Waals surface area (Å²) in [6.07, 6.45) is 4.58. The minimum Gasteiger partial charge on any atom is -0.497 e. The number of rotatable bonds is 5. The molecule has 3 rings (SSSR count). The number of hydrogen-bond donors (Lipinski definition) is 1. The molecule has 1 saturated carbocycles. The highest BCUT2D eigenvalue weighted by Gasteiger charge is 2.30. The summed E-state index contributed by atoms with van der Waals surface area (Å²) in [7, 11) is 1.67. The zero-order valence-electron chi connectivity index (χ0n) is 12.0. The van der Waals surface area contributed by atoms with Crippen LogP contribution in [0.1, 0.15) is 37.3 Å². The van der Waals surface area contributed by atoms with Gasteiger partial charge in [-0.15, -0.1) is 0 Å². The quantitative estimate of drug-likeness (QED) is 0.894. The van der Waals surface area contributed by atoms with Crippen molar-refractivity contribution in [3.05, 3.63) is 29.8 Å². The van der Waals surface area contributed by atoms with E-state index in [9.17, 15) is 4.79 Å². The van der Waals surface area contributed by atoms with Crippen molar-refractivity contribution < 1.29 is 9.53 Å². The lowest BCUT2D eigenvalue weighted by Crippen LogP contribution is -2.38. The third kappa shape index (κ3) is 2.96. The van der Waals surface area contributed by atoms with E-state index in [1.807, 2.05) is 17.0 Å². The number of nitrogens with one attached hydrogen (secondary N) is 1. The van der Waals surface area contributed by atoms with E-state index >= 15 is 0 Å². The van der Waals surface area contributed by atoms with Gasteiger partial charge in [0.2, 0.25) is 5.91 Å². The normalized spacial score (nSPS) is 22.1. The Kier molecular flexibility index (Phi) is 3.92. The topological polar surface area (TPSA) is 41.6 Å². The number of nitrogens with zero attached hydrogens (tertiary/aromatic N) is 1. The molecule has 4 heteroatoms. The second kappa shape index (κ2) is 5.83. The van der Waals surface area contributed by atoms with Crippen LogP contribution in [0.3, 0.4) is 0 Å². The Labute approximate surface area is 120 Å². The van der Waals surface area contributed by atoms with Gasteiger partial charge in [0, 0.05) is 12.6 Å². The molecule has 2 aliphatic rings. The first-order valence-electron chi connectivity index (χ1n) is 7.45. The molecule has 1 aromatic rings. The Morgan fingerprint density at radius 1 is 1.30 bits per heavy atom. The van der Waals surface area contributed by atoms with Gasteiger partial charge in [0.1, 0.15) is 5.75 Å². The number of likely N-dealkylation sites (tertiary alicyclic amines) is 1. The first-order chi connectivity index (χ1) is 9.78. The lowest BCUT2D eigenvalue weighted by atomic mass is 10.0. The minimum absolute atomic E-state index is 0.231. The average molecular weight is 274 g/mol. The van der Waals surface area contributed by atoms with Crippen LogP contribution in [-0.4, -0.2) is 37.0 Å². The lowest BCUT2D eigenvalue weighted by molar-refractivity contribution is -0.131. The van der Waals surface area contributed by atoms with E-state index in [4.69, 9.17) is 4.74 Å². The van der Waals surface area contributed by atoms with Gasteiger partial charge in [-0.05, 0) is 43.4 Å². The third-order valence-corrected chi connectivity index (χ3v) is 4.19. The molecule has 1 unspecified atom stereocenters. The van der Waals surface area contributed by atoms with E-state index in [-0.39, 0.29) is 11.9 Å². The molecule has 1 N–H and O–H groups in total. The Balaban J connectivity index is 1.65. The summed E-state index contributed by atoms with van der Waals surface area (Å²) in [5, 5.41) is 3.31. The molecule has 4 nitrogen and oxygen atoms in total. The molecule has 1 aliphatic heterocycles. The summed E-state index contributed by atoms with van der Waals surface area (Å²) < 4.78 is 5.19. The standard InChI is InChI=1S/C16H22N2O2/c1-20-14-8-4-12(5-9-14)15-3-2-10-18(15)16(19)11-17-13-6-7-13/h4-5,8-9,13,15,17H,2-3,6-7,10-11H2,1H3. The molecular weight excluding hydrogens is 252 g/mol. The molecule has 1 aromatic carbocycles. The van der Waals surface area contributed by atoms with Crippen molar-refractivity contribution in [1.82, 2.24) is 10.2 Å². The number of carbonyl (C=O) groups is 1. The van der Waals surface area contributed by atoms with Crippen molar-refractivity contribution >= 4 is 5.91 Å². The maximum atomic E-state index is 12.3. The fraction of sp³-hybridized carbons (Fsp3) is 0.562. The molecule has 1 aliphatic carbocycles. The van der Waals surface area contributed by atoms with Crippen molar-refractivity contribution in [2.75, 3.05) is 20.2 Å². The lowest BCUT2D eigenvalue weighted by Gasteiger charge is -2.25. The van der Waals surface area contributed by atoms with E-state index in [1.54, 1.807) is 7.11 Å². The van der Waals surface area contributed by atoms with Crippen LogP contribution < -0.4 is 10.1 Å². The number of ether oxygens (including phenoxy) is 1. The minimum atomic E-state index is 0.231. The summed E-state index contributed by atoms with van der Waals surface area (Å²) in [5.41, 5.74) is 1.21. The molecule has 20 heavy (non-hydrogen) atoms. The van der Waals surface area contributed by atoms with Gasteiger partial charge in [0.15, 0.2) is 0 Å². The Morgan fingerprint density at radius 3 is 2.70 bits per heavy atom. The Hall–Kier alpha value is -1.55. The largest absolute Gasteiger partial charge is 0.497 e. The van der Waals surface area contributed by atoms with Crippen molar-refractivity contribution in [3.8, 4) is 5.75 Å². The van der Waals surface area contributed by atoms with Crippen LogP contribution >= 0.6 is 0 Å². The van der Waals surface area contributed by atoms with Crippen molar-refractivity contribution in [1.29, 1.82) is 0 Å². The second-order valence-electron chi connectivity index (χ2n) is 5.67. The first-order valence-corrected chi connectivity index (χ1v) is 7.45. The molecule has 0 spiro atoms. The maximum absolute atomic E-state index is 12.3. The number of benzene rings is 1. The van der Waals surface area contributed by atoms with E-state index in [1.165, 1.54) is 18.4 Å². The van der Waals surface area contributed by atoms with Crippen LogP contribution in [0.4, 0.5) is 0 Å². The zero-order chi connectivity index (χ0) is 13.9. The zero-order valence-corrected chi connectivity index (χ0v) is 12.0. The highest BCUT2D eigenvalue weighted by Crippen LogP contribution is 2.32. The smallest absolute Gasteiger partial charge is 0.237 e. The van der Waals surface area contributed by atoms with Crippen molar-refractivity contribution in [3.63, 3.8) is 0 Å². The van der Waals surface area contributed by atoms with Crippen LogP contribution in [0.25, 0.3) is 0 Å². The molecule has 108 valence electrons. The van der Waals surface area contributed by atoms with Crippen LogP contribution in [0.15, 0.2) is 24.3 Å². The predicted molar refractivity (Wildman–Crippen MR) is 77.7 cm³/mol. The summed E-state index contributed by atoms with van der Waals surface area (Å²) in [6.45, 7) is 1.36. The van der Waals surface area contributed by atoms with Crippen molar-refractivity contribution in [2.24, 2.45) is 0 Å². The molecule has 0 bridgehead atoms. The van der Waals surface area contributed by atoms with Gasteiger partial charge in [0.25, 0.3) is 0 Å². The molecular formula is C16H22N2O2. The van der Waals surface area contributed by atoms with E-state index in [0.29, 0.717) is 12.6 Å². The van der Waals surface area contributed by atoms with E-state index in [2.05, 4.69) is 17.4 Å². The van der Waals surface area contributed by atoms with Crippen molar-refractivity contribution in [2.45, 2.75) is 37.8 Å². The molecule has 0 aromatic heterocycles. The van der Waals surface area contributed by atoms with Crippen LogP contribution in [0.5, 0.6) is 5.75 Å². The molecule has 1 saturated heterocycles.